The van der Waals surface area contributed by atoms with Gasteiger partial charge in [-0.1, -0.05) is 19.1 Å². The van der Waals surface area contributed by atoms with Crippen LogP contribution in [-0.4, -0.2) is 36.5 Å². The van der Waals surface area contributed by atoms with Crippen molar-refractivity contribution in [3.8, 4) is 5.75 Å². The Morgan fingerprint density at radius 3 is 2.57 bits per heavy atom. The molecule has 1 aromatic carbocycles. The van der Waals surface area contributed by atoms with Gasteiger partial charge in [-0.3, -0.25) is 4.79 Å². The second-order valence-corrected chi connectivity index (χ2v) is 5.63. The Morgan fingerprint density at radius 1 is 1.33 bits per heavy atom. The SMILES string of the molecule is CCNCc1cccc(Br)c1OC(C)C(=O)N(CC)CC. The van der Waals surface area contributed by atoms with Crippen LogP contribution in [0.2, 0.25) is 0 Å². The molecule has 0 spiro atoms. The molecule has 0 aliphatic heterocycles. The van der Waals surface area contributed by atoms with Crippen molar-refractivity contribution in [3.05, 3.63) is 28.2 Å². The van der Waals surface area contributed by atoms with E-state index in [9.17, 15) is 4.79 Å². The van der Waals surface area contributed by atoms with E-state index in [4.69, 9.17) is 4.74 Å². The number of carbonyl (C=O) groups excluding carboxylic acids is 1. The standard InChI is InChI=1S/C16H25BrN2O2/c1-5-18-11-13-9-8-10-14(17)15(13)21-12(4)16(20)19(6-2)7-3/h8-10,12,18H,5-7,11H2,1-4H3. The smallest absolute Gasteiger partial charge is 0.263 e. The quantitative estimate of drug-likeness (QED) is 0.777. The molecule has 1 amide bonds. The van der Waals surface area contributed by atoms with Crippen molar-refractivity contribution in [1.82, 2.24) is 10.2 Å². The van der Waals surface area contributed by atoms with Crippen molar-refractivity contribution in [2.24, 2.45) is 0 Å². The highest BCUT2D eigenvalue weighted by molar-refractivity contribution is 9.10. The number of likely N-dealkylation sites (N-methyl/N-ethyl adjacent to an activating group) is 1. The highest BCUT2D eigenvalue weighted by atomic mass is 79.9. The van der Waals surface area contributed by atoms with Crippen molar-refractivity contribution in [1.29, 1.82) is 0 Å². The molecule has 0 aliphatic carbocycles. The molecule has 0 heterocycles. The average molecular weight is 357 g/mol. The lowest BCUT2D eigenvalue weighted by Crippen LogP contribution is -2.40. The highest BCUT2D eigenvalue weighted by Gasteiger charge is 2.21. The van der Waals surface area contributed by atoms with Gasteiger partial charge in [0.1, 0.15) is 5.75 Å². The van der Waals surface area contributed by atoms with Gasteiger partial charge in [0, 0.05) is 25.2 Å². The number of rotatable bonds is 8. The summed E-state index contributed by atoms with van der Waals surface area (Å²) in [7, 11) is 0. The van der Waals surface area contributed by atoms with Gasteiger partial charge in [0.05, 0.1) is 4.47 Å². The van der Waals surface area contributed by atoms with Crippen molar-refractivity contribution in [2.45, 2.75) is 40.3 Å². The molecule has 1 atom stereocenters. The fourth-order valence-electron chi connectivity index (χ4n) is 2.10. The summed E-state index contributed by atoms with van der Waals surface area (Å²) in [6.45, 7) is 10.8. The number of hydrogen-bond acceptors (Lipinski definition) is 3. The topological polar surface area (TPSA) is 41.6 Å². The molecule has 0 bridgehead atoms. The van der Waals surface area contributed by atoms with Crippen molar-refractivity contribution in [3.63, 3.8) is 0 Å². The third-order valence-corrected chi connectivity index (χ3v) is 3.96. The summed E-state index contributed by atoms with van der Waals surface area (Å²) in [5.74, 6) is 0.761. The minimum absolute atomic E-state index is 0.0187. The largest absolute Gasteiger partial charge is 0.479 e. The predicted octanol–water partition coefficient (Wildman–Crippen LogP) is 3.19. The summed E-state index contributed by atoms with van der Waals surface area (Å²) in [6.07, 6.45) is -0.496. The molecule has 1 rings (SSSR count). The molecule has 0 saturated heterocycles. The van der Waals surface area contributed by atoms with Gasteiger partial charge >= 0.3 is 0 Å². The maximum absolute atomic E-state index is 12.3. The van der Waals surface area contributed by atoms with Gasteiger partial charge in [-0.2, -0.15) is 0 Å². The monoisotopic (exact) mass is 356 g/mol. The Hall–Kier alpha value is -1.07. The number of nitrogens with zero attached hydrogens (tertiary/aromatic N) is 1. The molecule has 1 aromatic rings. The minimum atomic E-state index is -0.496. The Balaban J connectivity index is 2.88. The van der Waals surface area contributed by atoms with E-state index in [1.165, 1.54) is 0 Å². The van der Waals surface area contributed by atoms with E-state index < -0.39 is 6.10 Å². The second-order valence-electron chi connectivity index (χ2n) is 4.78. The molecular weight excluding hydrogens is 332 g/mol. The Labute approximate surface area is 136 Å². The molecule has 0 saturated carbocycles. The van der Waals surface area contributed by atoms with E-state index in [1.807, 2.05) is 32.0 Å². The van der Waals surface area contributed by atoms with Crippen molar-refractivity contribution < 1.29 is 9.53 Å². The average Bonchev–Trinajstić information content (AvgIpc) is 2.48. The van der Waals surface area contributed by atoms with Crippen molar-refractivity contribution >= 4 is 21.8 Å². The number of hydrogen-bond donors (Lipinski definition) is 1. The zero-order chi connectivity index (χ0) is 15.8. The van der Waals surface area contributed by atoms with E-state index in [1.54, 1.807) is 11.8 Å². The molecule has 0 aromatic heterocycles. The normalized spacial score (nSPS) is 12.0. The van der Waals surface area contributed by atoms with E-state index in [0.29, 0.717) is 13.1 Å². The van der Waals surface area contributed by atoms with Gasteiger partial charge in [0.2, 0.25) is 0 Å². The molecular formula is C16H25BrN2O2. The number of ether oxygens (including phenoxy) is 1. The zero-order valence-electron chi connectivity index (χ0n) is 13.3. The summed E-state index contributed by atoms with van der Waals surface area (Å²) in [5.41, 5.74) is 1.05. The summed E-state index contributed by atoms with van der Waals surface area (Å²) in [4.78, 5) is 14.1. The Kier molecular flexibility index (Phi) is 7.75. The first kappa shape index (κ1) is 18.0. The lowest BCUT2D eigenvalue weighted by Gasteiger charge is -2.24. The number of amides is 1. The fraction of sp³-hybridized carbons (Fsp3) is 0.562. The Bertz CT molecular complexity index is 462. The lowest BCUT2D eigenvalue weighted by atomic mass is 10.2. The van der Waals surface area contributed by atoms with Crippen LogP contribution in [0.5, 0.6) is 5.75 Å². The molecule has 0 aliphatic rings. The van der Waals surface area contributed by atoms with Crippen LogP contribution in [0.1, 0.15) is 33.3 Å². The second kappa shape index (κ2) is 9.05. The summed E-state index contributed by atoms with van der Waals surface area (Å²) in [5, 5.41) is 3.28. The third-order valence-electron chi connectivity index (χ3n) is 3.33. The van der Waals surface area contributed by atoms with E-state index >= 15 is 0 Å². The first-order valence-electron chi connectivity index (χ1n) is 7.48. The van der Waals surface area contributed by atoms with Gasteiger partial charge in [-0.05, 0) is 49.3 Å². The minimum Gasteiger partial charge on any atom is -0.479 e. The maximum atomic E-state index is 12.3. The predicted molar refractivity (Wildman–Crippen MR) is 89.5 cm³/mol. The van der Waals surface area contributed by atoms with Crippen LogP contribution < -0.4 is 10.1 Å². The molecule has 0 fully saturated rings. The molecule has 21 heavy (non-hydrogen) atoms. The van der Waals surface area contributed by atoms with Crippen LogP contribution in [0.15, 0.2) is 22.7 Å². The summed E-state index contributed by atoms with van der Waals surface area (Å²) >= 11 is 3.51. The van der Waals surface area contributed by atoms with Gasteiger partial charge < -0.3 is 15.0 Å². The van der Waals surface area contributed by atoms with Crippen LogP contribution in [0.3, 0.4) is 0 Å². The molecule has 1 N–H and O–H groups in total. The number of nitrogens with one attached hydrogen (secondary N) is 1. The van der Waals surface area contributed by atoms with Crippen molar-refractivity contribution in [2.75, 3.05) is 19.6 Å². The first-order chi connectivity index (χ1) is 10.0. The van der Waals surface area contributed by atoms with Gasteiger partial charge in [0.25, 0.3) is 5.91 Å². The molecule has 4 nitrogen and oxygen atoms in total. The van der Waals surface area contributed by atoms with Crippen LogP contribution in [0.25, 0.3) is 0 Å². The third kappa shape index (κ3) is 5.00. The lowest BCUT2D eigenvalue weighted by molar-refractivity contribution is -0.137. The number of halogens is 1. The summed E-state index contributed by atoms with van der Waals surface area (Å²) < 4.78 is 6.81. The van der Waals surface area contributed by atoms with E-state index in [0.717, 1.165) is 28.9 Å². The molecule has 118 valence electrons. The highest BCUT2D eigenvalue weighted by Crippen LogP contribution is 2.30. The van der Waals surface area contributed by atoms with Crippen LogP contribution >= 0.6 is 15.9 Å². The number of para-hydroxylation sites is 1. The zero-order valence-corrected chi connectivity index (χ0v) is 14.9. The van der Waals surface area contributed by atoms with Crippen LogP contribution in [-0.2, 0) is 11.3 Å². The van der Waals surface area contributed by atoms with Gasteiger partial charge in [0.15, 0.2) is 6.10 Å². The fourth-order valence-corrected chi connectivity index (χ4v) is 2.60. The maximum Gasteiger partial charge on any atom is 0.263 e. The van der Waals surface area contributed by atoms with Gasteiger partial charge in [-0.25, -0.2) is 0 Å². The van der Waals surface area contributed by atoms with Crippen LogP contribution in [0.4, 0.5) is 0 Å². The number of benzene rings is 1. The molecule has 0 radical (unpaired) electrons. The molecule has 5 heteroatoms. The van der Waals surface area contributed by atoms with E-state index in [-0.39, 0.29) is 5.91 Å². The number of carbonyl (C=O) groups is 1. The van der Waals surface area contributed by atoms with Crippen LogP contribution in [0, 0.1) is 0 Å². The summed E-state index contributed by atoms with van der Waals surface area (Å²) in [6, 6.07) is 5.91. The first-order valence-corrected chi connectivity index (χ1v) is 8.27. The van der Waals surface area contributed by atoms with E-state index in [2.05, 4.69) is 28.2 Å². The van der Waals surface area contributed by atoms with Gasteiger partial charge in [-0.15, -0.1) is 0 Å². The molecule has 1 unspecified atom stereocenters. The Morgan fingerprint density at radius 2 is 2.00 bits per heavy atom.